The van der Waals surface area contributed by atoms with Crippen LogP contribution in [0.15, 0.2) is 28.8 Å². The molecule has 9 heteroatoms. The highest BCUT2D eigenvalue weighted by molar-refractivity contribution is 6.35. The molecule has 1 aliphatic rings. The molecule has 146 valence electrons. The average molecular weight is 415 g/mol. The normalized spacial score (nSPS) is 14.6. The number of aromatic nitrogens is 1. The minimum Gasteiger partial charge on any atom is -0.482 e. The highest BCUT2D eigenvalue weighted by atomic mass is 35.5. The van der Waals surface area contributed by atoms with E-state index in [0.717, 1.165) is 0 Å². The zero-order valence-electron chi connectivity index (χ0n) is 15.2. The number of halogens is 2. The number of ether oxygens (including phenoxy) is 3. The predicted molar refractivity (Wildman–Crippen MR) is 99.5 cm³/mol. The predicted octanol–water partition coefficient (Wildman–Crippen LogP) is 4.56. The summed E-state index contributed by atoms with van der Waals surface area (Å²) in [5.41, 5.74) is -0.518. The second kappa shape index (κ2) is 7.86. The maximum Gasteiger partial charge on any atom is 0.410 e. The van der Waals surface area contributed by atoms with Crippen LogP contribution in [0.25, 0.3) is 0 Å². The SMILES string of the molecule is CC(C)(C)OC(=O)N1CC(Oc2cnc(COc3ccc(Cl)cc3Cl)o2)C1. The van der Waals surface area contributed by atoms with Crippen molar-refractivity contribution in [1.82, 2.24) is 9.88 Å². The van der Waals surface area contributed by atoms with Gasteiger partial charge in [-0.15, -0.1) is 0 Å². The number of nitrogens with zero attached hydrogens (tertiary/aromatic N) is 2. The molecule has 0 atom stereocenters. The molecule has 27 heavy (non-hydrogen) atoms. The fraction of sp³-hybridized carbons (Fsp3) is 0.444. The van der Waals surface area contributed by atoms with Gasteiger partial charge in [0.05, 0.1) is 18.1 Å². The Morgan fingerprint density at radius 3 is 2.74 bits per heavy atom. The maximum atomic E-state index is 11.9. The van der Waals surface area contributed by atoms with Crippen LogP contribution in [0, 0.1) is 0 Å². The smallest absolute Gasteiger partial charge is 0.410 e. The van der Waals surface area contributed by atoms with Crippen molar-refractivity contribution < 1.29 is 23.4 Å². The Hall–Kier alpha value is -2.12. The van der Waals surface area contributed by atoms with Crippen molar-refractivity contribution in [2.75, 3.05) is 13.1 Å². The van der Waals surface area contributed by atoms with Crippen LogP contribution in [0.1, 0.15) is 26.7 Å². The van der Waals surface area contributed by atoms with Gasteiger partial charge in [0, 0.05) is 5.02 Å². The molecule has 0 unspecified atom stereocenters. The van der Waals surface area contributed by atoms with Crippen LogP contribution < -0.4 is 9.47 Å². The second-order valence-electron chi connectivity index (χ2n) is 7.06. The van der Waals surface area contributed by atoms with Crippen LogP contribution in [-0.2, 0) is 11.3 Å². The van der Waals surface area contributed by atoms with E-state index in [1.807, 2.05) is 20.8 Å². The maximum absolute atomic E-state index is 11.9. The molecule has 7 nitrogen and oxygen atoms in total. The third-order valence-electron chi connectivity index (χ3n) is 3.56. The summed E-state index contributed by atoms with van der Waals surface area (Å²) in [6, 6.07) is 4.94. The standard InChI is InChI=1S/C18H20Cl2N2O5/c1-18(2,3)27-17(23)22-8-12(9-22)25-16-7-21-15(26-16)10-24-14-5-4-11(19)6-13(14)20/h4-7,12H,8-10H2,1-3H3. The van der Waals surface area contributed by atoms with Crippen molar-refractivity contribution in [2.24, 2.45) is 0 Å². The van der Waals surface area contributed by atoms with Gasteiger partial charge in [0.25, 0.3) is 0 Å². The molecule has 1 aromatic heterocycles. The first-order valence-corrected chi connectivity index (χ1v) is 9.12. The number of amides is 1. The van der Waals surface area contributed by atoms with E-state index in [-0.39, 0.29) is 24.8 Å². The second-order valence-corrected chi connectivity index (χ2v) is 7.91. The molecule has 2 heterocycles. The lowest BCUT2D eigenvalue weighted by Crippen LogP contribution is -2.57. The lowest BCUT2D eigenvalue weighted by atomic mass is 10.2. The molecule has 0 radical (unpaired) electrons. The van der Waals surface area contributed by atoms with E-state index in [9.17, 15) is 4.79 Å². The van der Waals surface area contributed by atoms with Gasteiger partial charge in [-0.3, -0.25) is 0 Å². The number of benzene rings is 1. The summed E-state index contributed by atoms with van der Waals surface area (Å²) in [6.07, 6.45) is 0.956. The lowest BCUT2D eigenvalue weighted by molar-refractivity contribution is -0.0281. The summed E-state index contributed by atoms with van der Waals surface area (Å²) in [5, 5.41) is 0.933. The topological polar surface area (TPSA) is 74.0 Å². The van der Waals surface area contributed by atoms with Crippen molar-refractivity contribution in [2.45, 2.75) is 39.1 Å². The van der Waals surface area contributed by atoms with Gasteiger partial charge in [0.1, 0.15) is 23.7 Å². The van der Waals surface area contributed by atoms with Crippen molar-refractivity contribution >= 4 is 29.3 Å². The number of carbonyl (C=O) groups excluding carboxylic acids is 1. The van der Waals surface area contributed by atoms with Gasteiger partial charge in [-0.2, -0.15) is 0 Å². The van der Waals surface area contributed by atoms with E-state index in [0.29, 0.717) is 34.8 Å². The molecule has 1 fully saturated rings. The largest absolute Gasteiger partial charge is 0.482 e. The van der Waals surface area contributed by atoms with E-state index >= 15 is 0 Å². The molecular formula is C18H20Cl2N2O5. The third-order valence-corrected chi connectivity index (χ3v) is 4.09. The van der Waals surface area contributed by atoms with E-state index in [4.69, 9.17) is 41.8 Å². The van der Waals surface area contributed by atoms with E-state index < -0.39 is 5.60 Å². The average Bonchev–Trinajstić information content (AvgIpc) is 2.95. The van der Waals surface area contributed by atoms with Crippen molar-refractivity contribution in [3.8, 4) is 11.7 Å². The van der Waals surface area contributed by atoms with Crippen LogP contribution >= 0.6 is 23.2 Å². The van der Waals surface area contributed by atoms with Crippen LogP contribution in [0.2, 0.25) is 10.0 Å². The highest BCUT2D eigenvalue weighted by Crippen LogP contribution is 2.28. The van der Waals surface area contributed by atoms with Gasteiger partial charge >= 0.3 is 12.0 Å². The Morgan fingerprint density at radius 1 is 1.33 bits per heavy atom. The minimum atomic E-state index is -0.518. The van der Waals surface area contributed by atoms with E-state index in [1.54, 1.807) is 23.1 Å². The molecule has 0 saturated carbocycles. The van der Waals surface area contributed by atoms with E-state index in [2.05, 4.69) is 4.98 Å². The molecule has 0 N–H and O–H groups in total. The van der Waals surface area contributed by atoms with E-state index in [1.165, 1.54) is 6.20 Å². The molecular weight excluding hydrogens is 395 g/mol. The zero-order chi connectivity index (χ0) is 19.6. The van der Waals surface area contributed by atoms with Crippen LogP contribution in [0.4, 0.5) is 4.79 Å². The van der Waals surface area contributed by atoms with Crippen molar-refractivity contribution in [1.29, 1.82) is 0 Å². The molecule has 0 spiro atoms. The van der Waals surface area contributed by atoms with Gasteiger partial charge in [0.15, 0.2) is 6.61 Å². The number of carbonyl (C=O) groups is 1. The summed E-state index contributed by atoms with van der Waals surface area (Å²) in [7, 11) is 0. The molecule has 0 aliphatic carbocycles. The van der Waals surface area contributed by atoms with Crippen molar-refractivity contribution in [3.05, 3.63) is 40.3 Å². The quantitative estimate of drug-likeness (QED) is 0.713. The van der Waals surface area contributed by atoms with Gasteiger partial charge in [-0.25, -0.2) is 9.78 Å². The first-order chi connectivity index (χ1) is 12.7. The molecule has 2 aromatic rings. The molecule has 1 aliphatic heterocycles. The fourth-order valence-corrected chi connectivity index (χ4v) is 2.76. The number of hydrogen-bond donors (Lipinski definition) is 0. The summed E-state index contributed by atoms with van der Waals surface area (Å²) >= 11 is 11.9. The summed E-state index contributed by atoms with van der Waals surface area (Å²) in [5.74, 6) is 1.10. The first-order valence-electron chi connectivity index (χ1n) is 8.37. The van der Waals surface area contributed by atoms with Crippen LogP contribution in [0.3, 0.4) is 0 Å². The number of hydrogen-bond acceptors (Lipinski definition) is 6. The Kier molecular flexibility index (Phi) is 5.72. The summed E-state index contributed by atoms with van der Waals surface area (Å²) in [4.78, 5) is 17.6. The number of oxazole rings is 1. The molecule has 0 bridgehead atoms. The highest BCUT2D eigenvalue weighted by Gasteiger charge is 2.35. The molecule has 3 rings (SSSR count). The van der Waals surface area contributed by atoms with Gasteiger partial charge in [0.2, 0.25) is 5.89 Å². The first kappa shape index (κ1) is 19.6. The minimum absolute atomic E-state index is 0.0966. The Bertz CT molecular complexity index is 812. The Balaban J connectivity index is 1.45. The zero-order valence-corrected chi connectivity index (χ0v) is 16.7. The summed E-state index contributed by atoms with van der Waals surface area (Å²) < 4.78 is 22.0. The monoisotopic (exact) mass is 414 g/mol. The Morgan fingerprint density at radius 2 is 2.07 bits per heavy atom. The lowest BCUT2D eigenvalue weighted by Gasteiger charge is -2.38. The van der Waals surface area contributed by atoms with Crippen molar-refractivity contribution in [3.63, 3.8) is 0 Å². The Labute approximate surface area is 167 Å². The molecule has 1 saturated heterocycles. The van der Waals surface area contributed by atoms with Crippen LogP contribution in [0.5, 0.6) is 11.7 Å². The van der Waals surface area contributed by atoms with Gasteiger partial charge < -0.3 is 23.5 Å². The summed E-state index contributed by atoms with van der Waals surface area (Å²) in [6.45, 7) is 6.44. The number of rotatable bonds is 5. The third kappa shape index (κ3) is 5.43. The molecule has 1 aromatic carbocycles. The van der Waals surface area contributed by atoms with Gasteiger partial charge in [-0.05, 0) is 39.0 Å². The van der Waals surface area contributed by atoms with Crippen LogP contribution in [-0.4, -0.2) is 40.8 Å². The van der Waals surface area contributed by atoms with Gasteiger partial charge in [-0.1, -0.05) is 23.2 Å². The number of likely N-dealkylation sites (tertiary alicyclic amines) is 1. The fourth-order valence-electron chi connectivity index (χ4n) is 2.30. The molecule has 1 amide bonds.